The van der Waals surface area contributed by atoms with Crippen LogP contribution in [0.25, 0.3) is 22.3 Å². The van der Waals surface area contributed by atoms with Gasteiger partial charge in [-0.1, -0.05) is 84.6 Å². The Bertz CT molecular complexity index is 1470. The Morgan fingerprint density at radius 2 is 0.929 bits per heavy atom. The number of hydrogen-bond donors (Lipinski definition) is 0. The third-order valence-electron chi connectivity index (χ3n) is 7.17. The van der Waals surface area contributed by atoms with E-state index in [-0.39, 0.29) is 0 Å². The molecule has 0 aromatic heterocycles. The summed E-state index contributed by atoms with van der Waals surface area (Å²) in [6.45, 7) is 6.11. The fourth-order valence-electron chi connectivity index (χ4n) is 4.94. The molecule has 0 unspecified atom stereocenters. The van der Waals surface area contributed by atoms with Gasteiger partial charge in [0.25, 0.3) is 0 Å². The average Bonchev–Trinajstić information content (AvgIpc) is 3.64. The van der Waals surface area contributed by atoms with E-state index in [0.717, 1.165) is 12.8 Å². The van der Waals surface area contributed by atoms with E-state index in [1.54, 1.807) is 23.3 Å². The second kappa shape index (κ2) is 16.8. The summed E-state index contributed by atoms with van der Waals surface area (Å²) in [5, 5.41) is 0. The van der Waals surface area contributed by atoms with Crippen LogP contribution in [0.4, 0.5) is 0 Å². The van der Waals surface area contributed by atoms with E-state index in [4.69, 9.17) is 0 Å². The fraction of sp³-hybridized carbons (Fsp3) is 0.100. The van der Waals surface area contributed by atoms with Gasteiger partial charge in [-0.15, -0.1) is 11.1 Å². The summed E-state index contributed by atoms with van der Waals surface area (Å²) < 4.78 is 0. The summed E-state index contributed by atoms with van der Waals surface area (Å²) in [6, 6.07) is 57.8. The van der Waals surface area contributed by atoms with Crippen molar-refractivity contribution in [2.75, 3.05) is 0 Å². The second-order valence-electron chi connectivity index (χ2n) is 9.85. The molecule has 0 N–H and O–H groups in total. The van der Waals surface area contributed by atoms with E-state index < -0.39 is 0 Å². The summed E-state index contributed by atoms with van der Waals surface area (Å²) in [6.07, 6.45) is 2.10. The number of benzene rings is 6. The van der Waals surface area contributed by atoms with Crippen molar-refractivity contribution in [3.8, 4) is 22.3 Å². The van der Waals surface area contributed by atoms with Gasteiger partial charge in [-0.25, -0.2) is 0 Å². The summed E-state index contributed by atoms with van der Waals surface area (Å²) in [4.78, 5) is 0. The van der Waals surface area contributed by atoms with Crippen molar-refractivity contribution in [1.82, 2.24) is 0 Å². The first-order chi connectivity index (χ1) is 20.7. The Hall–Kier alpha value is -3.58. The molecule has 0 amide bonds. The van der Waals surface area contributed by atoms with Crippen molar-refractivity contribution in [2.24, 2.45) is 0 Å². The molecule has 0 spiro atoms. The zero-order valence-electron chi connectivity index (χ0n) is 24.3. The molecule has 0 heterocycles. The monoisotopic (exact) mass is 632 g/mol. The van der Waals surface area contributed by atoms with Crippen LogP contribution in [0.15, 0.2) is 133 Å². The zero-order valence-corrected chi connectivity index (χ0v) is 28.2. The Labute approximate surface area is 268 Å². The Morgan fingerprint density at radius 1 is 0.476 bits per heavy atom. The molecule has 0 radical (unpaired) electrons. The van der Waals surface area contributed by atoms with Crippen molar-refractivity contribution in [1.29, 1.82) is 0 Å². The van der Waals surface area contributed by atoms with Gasteiger partial charge in [0.1, 0.15) is 0 Å². The Balaban J connectivity index is 0.000000132. The predicted octanol–water partition coefficient (Wildman–Crippen LogP) is 8.79. The summed E-state index contributed by atoms with van der Waals surface area (Å²) >= 11 is 1.58. The van der Waals surface area contributed by atoms with Crippen LogP contribution in [0.1, 0.15) is 33.4 Å². The van der Waals surface area contributed by atoms with Crippen LogP contribution in [-0.4, -0.2) is 6.88 Å². The molecule has 0 fully saturated rings. The smallest absolute Gasteiger partial charge is 0.0253 e. The van der Waals surface area contributed by atoms with Gasteiger partial charge >= 0.3 is 30.2 Å². The first-order valence-corrected chi connectivity index (χ1v) is 20.0. The van der Waals surface area contributed by atoms with E-state index in [1.807, 2.05) is 61.5 Å². The SMILES string of the molecule is Cc1[c-]cccc1C.[SiH2]=[Zr].[c-]1cccc2c1Cc1ccccc1-2.[c-]1cccc2c1Cc1ccccc1-2.[c-]1ccccc1. The zero-order chi connectivity index (χ0) is 29.6. The normalized spacial score (nSPS) is 10.6. The van der Waals surface area contributed by atoms with E-state index in [9.17, 15) is 0 Å². The molecular formula is C40H34SiZr-4. The van der Waals surface area contributed by atoms with Crippen molar-refractivity contribution < 1.29 is 23.3 Å². The van der Waals surface area contributed by atoms with Crippen molar-refractivity contribution in [3.05, 3.63) is 191 Å². The first kappa shape index (κ1) is 31.4. The quantitative estimate of drug-likeness (QED) is 0.116. The van der Waals surface area contributed by atoms with Gasteiger partial charge in [-0.2, -0.15) is 131 Å². The minimum absolute atomic E-state index is 1.05. The maximum atomic E-state index is 3.30. The second-order valence-corrected chi connectivity index (χ2v) is 9.85. The van der Waals surface area contributed by atoms with Crippen LogP contribution in [-0.2, 0) is 36.2 Å². The number of rotatable bonds is 0. The number of hydrogen-bond acceptors (Lipinski definition) is 0. The molecule has 0 saturated carbocycles. The summed E-state index contributed by atoms with van der Waals surface area (Å²) in [5.74, 6) is 0. The number of aryl methyl sites for hydroxylation is 2. The van der Waals surface area contributed by atoms with Crippen LogP contribution in [0, 0.1) is 38.1 Å². The van der Waals surface area contributed by atoms with Crippen LogP contribution < -0.4 is 0 Å². The average molecular weight is 634 g/mol. The van der Waals surface area contributed by atoms with Gasteiger partial charge < -0.3 is 0 Å². The molecule has 0 nitrogen and oxygen atoms in total. The molecule has 0 aliphatic heterocycles. The molecule has 2 aliphatic carbocycles. The van der Waals surface area contributed by atoms with Gasteiger partial charge in [0.2, 0.25) is 0 Å². The molecule has 0 atom stereocenters. The summed E-state index contributed by atoms with van der Waals surface area (Å²) in [5.41, 5.74) is 13.6. The maximum absolute atomic E-state index is 3.30. The largest absolute Gasteiger partial charge is 0.184 e. The van der Waals surface area contributed by atoms with Crippen LogP contribution in [0.2, 0.25) is 0 Å². The summed E-state index contributed by atoms with van der Waals surface area (Å²) in [7, 11) is 0. The van der Waals surface area contributed by atoms with Gasteiger partial charge in [0.05, 0.1) is 0 Å². The molecule has 2 heteroatoms. The van der Waals surface area contributed by atoms with Gasteiger partial charge in [-0.3, -0.25) is 0 Å². The molecule has 0 bridgehead atoms. The van der Waals surface area contributed by atoms with Crippen LogP contribution >= 0.6 is 0 Å². The maximum Gasteiger partial charge on any atom is -0.0253 e. The van der Waals surface area contributed by atoms with Crippen molar-refractivity contribution >= 4 is 6.88 Å². The van der Waals surface area contributed by atoms with Crippen LogP contribution in [0.3, 0.4) is 0 Å². The van der Waals surface area contributed by atoms with Crippen molar-refractivity contribution in [2.45, 2.75) is 26.7 Å². The van der Waals surface area contributed by atoms with E-state index in [0.29, 0.717) is 0 Å². The minimum atomic E-state index is 1.05. The molecule has 6 aromatic carbocycles. The van der Waals surface area contributed by atoms with Crippen molar-refractivity contribution in [3.63, 3.8) is 0 Å². The molecule has 6 aromatic rings. The van der Waals surface area contributed by atoms with Gasteiger partial charge in [-0.05, 0) is 12.8 Å². The molecule has 0 saturated heterocycles. The van der Waals surface area contributed by atoms with E-state index in [1.165, 1.54) is 55.6 Å². The van der Waals surface area contributed by atoms with E-state index in [2.05, 4.69) is 117 Å². The standard InChI is InChI=1S/2C13H9.C8H9.C6H5.H2Si.Zr/c2*1-3-7-12-10(5-1)9-11-6-2-4-8-13(11)12;1-7-5-3-4-6-8(7)2;1-2-4-6-5-3-1;;/h2*1-5,7-8H,9H2;3-5H,1-2H3;1-5H;1H2;/q4*-1;;. The number of fused-ring (bicyclic) bond motifs is 6. The molecule has 8 rings (SSSR count). The fourth-order valence-corrected chi connectivity index (χ4v) is 4.94. The molecule has 206 valence electrons. The van der Waals surface area contributed by atoms with Crippen LogP contribution in [0.5, 0.6) is 0 Å². The third-order valence-corrected chi connectivity index (χ3v) is 7.17. The Morgan fingerprint density at radius 3 is 1.33 bits per heavy atom. The topological polar surface area (TPSA) is 0 Å². The Kier molecular flexibility index (Phi) is 12.5. The third kappa shape index (κ3) is 8.48. The predicted molar refractivity (Wildman–Crippen MR) is 176 cm³/mol. The van der Waals surface area contributed by atoms with Gasteiger partial charge in [0, 0.05) is 0 Å². The minimum Gasteiger partial charge on any atom is -0.184 e. The first-order valence-electron chi connectivity index (χ1n) is 14.1. The molecular weight excluding hydrogens is 600 g/mol. The van der Waals surface area contributed by atoms with Gasteiger partial charge in [0.15, 0.2) is 0 Å². The van der Waals surface area contributed by atoms with E-state index >= 15 is 0 Å². The molecule has 2 aliphatic rings. The molecule has 42 heavy (non-hydrogen) atoms.